The van der Waals surface area contributed by atoms with Crippen LogP contribution in [0.25, 0.3) is 0 Å². The Morgan fingerprint density at radius 3 is 2.25 bits per heavy atom. The smallest absolute Gasteiger partial charge is 0.468 e. The van der Waals surface area contributed by atoms with Gasteiger partial charge in [-0.05, 0) is 6.92 Å². The number of hydrogen-bond donors (Lipinski definition) is 1. The van der Waals surface area contributed by atoms with Crippen LogP contribution in [0.5, 0.6) is 0 Å². The zero-order valence-corrected chi connectivity index (χ0v) is 18.2. The molecule has 0 aliphatic carbocycles. The van der Waals surface area contributed by atoms with E-state index in [0.29, 0.717) is 19.8 Å². The first kappa shape index (κ1) is 23.3. The maximum absolute atomic E-state index is 12.8. The van der Waals surface area contributed by atoms with Crippen LogP contribution in [0.15, 0.2) is 0 Å². The summed E-state index contributed by atoms with van der Waals surface area (Å²) in [6, 6.07) is 0.162. The van der Waals surface area contributed by atoms with E-state index in [1.54, 1.807) is 6.92 Å². The SMILES string of the molecule is CCOC(=O)N(CC(=O)OC)CP(=O)(O)CC[Si]12OCCN(CCO1)CCO2. The fraction of sp³-hybridized carbons (Fsp3) is 0.867. The van der Waals surface area contributed by atoms with E-state index in [-0.39, 0.29) is 18.8 Å². The second-order valence-corrected chi connectivity index (χ2v) is 11.7. The van der Waals surface area contributed by atoms with Crippen LogP contribution < -0.4 is 0 Å². The average Bonchev–Trinajstić information content (AvgIpc) is 2.59. The van der Waals surface area contributed by atoms with Crippen LogP contribution in [0.2, 0.25) is 6.04 Å². The number of ether oxygens (including phenoxy) is 2. The third-order valence-corrected chi connectivity index (χ3v) is 9.34. The molecule has 2 bridgehead atoms. The molecule has 13 heteroatoms. The summed E-state index contributed by atoms with van der Waals surface area (Å²) in [5, 5.41) is 0. The number of amides is 1. The maximum atomic E-state index is 12.8. The molecule has 3 fully saturated rings. The van der Waals surface area contributed by atoms with E-state index in [1.807, 2.05) is 0 Å². The second kappa shape index (κ2) is 10.7. The molecule has 0 aromatic rings. The van der Waals surface area contributed by atoms with Crippen LogP contribution in [-0.4, -0.2) is 108 Å². The molecular formula is C15H29N2O9PSi. The monoisotopic (exact) mass is 440 g/mol. The first-order valence-electron chi connectivity index (χ1n) is 9.23. The van der Waals surface area contributed by atoms with Gasteiger partial charge in [-0.15, -0.1) is 0 Å². The van der Waals surface area contributed by atoms with E-state index < -0.39 is 41.1 Å². The van der Waals surface area contributed by atoms with Crippen LogP contribution in [0.1, 0.15) is 6.92 Å². The molecule has 0 saturated carbocycles. The van der Waals surface area contributed by atoms with Gasteiger partial charge < -0.3 is 27.6 Å². The molecule has 162 valence electrons. The molecule has 0 radical (unpaired) electrons. The molecule has 28 heavy (non-hydrogen) atoms. The summed E-state index contributed by atoms with van der Waals surface area (Å²) >= 11 is 0. The second-order valence-electron chi connectivity index (χ2n) is 6.50. The van der Waals surface area contributed by atoms with Crippen LogP contribution in [-0.2, 0) is 32.1 Å². The predicted octanol–water partition coefficient (Wildman–Crippen LogP) is 0.164. The van der Waals surface area contributed by atoms with Crippen molar-refractivity contribution >= 4 is 28.2 Å². The molecule has 3 rings (SSSR count). The summed E-state index contributed by atoms with van der Waals surface area (Å²) in [5.74, 6) is -0.708. The first-order valence-corrected chi connectivity index (χ1v) is 13.2. The lowest BCUT2D eigenvalue weighted by molar-refractivity contribution is -0.141. The molecule has 3 saturated heterocycles. The molecule has 1 N–H and O–H groups in total. The maximum Gasteiger partial charge on any atom is 0.501 e. The van der Waals surface area contributed by atoms with E-state index in [4.69, 9.17) is 18.0 Å². The lowest BCUT2D eigenvalue weighted by Crippen LogP contribution is -2.55. The average molecular weight is 440 g/mol. The zero-order chi connectivity index (χ0) is 20.6. The van der Waals surface area contributed by atoms with Crippen molar-refractivity contribution in [3.8, 4) is 0 Å². The van der Waals surface area contributed by atoms with Gasteiger partial charge in [-0.1, -0.05) is 0 Å². The molecule has 0 spiro atoms. The Morgan fingerprint density at radius 1 is 1.18 bits per heavy atom. The number of carbonyl (C=O) groups excluding carboxylic acids is 2. The van der Waals surface area contributed by atoms with Crippen molar-refractivity contribution < 1.29 is 41.8 Å². The minimum absolute atomic E-state index is 0.0782. The van der Waals surface area contributed by atoms with Gasteiger partial charge in [-0.3, -0.25) is 19.2 Å². The van der Waals surface area contributed by atoms with Crippen molar-refractivity contribution in [1.29, 1.82) is 0 Å². The van der Waals surface area contributed by atoms with Gasteiger partial charge in [0.25, 0.3) is 0 Å². The van der Waals surface area contributed by atoms with Gasteiger partial charge >= 0.3 is 20.9 Å². The van der Waals surface area contributed by atoms with Gasteiger partial charge in [0.05, 0.1) is 33.5 Å². The summed E-state index contributed by atoms with van der Waals surface area (Å²) in [5.41, 5.74) is 0. The van der Waals surface area contributed by atoms with Crippen molar-refractivity contribution in [2.24, 2.45) is 0 Å². The third kappa shape index (κ3) is 7.10. The van der Waals surface area contributed by atoms with Crippen molar-refractivity contribution in [2.75, 3.05) is 72.2 Å². The Labute approximate surface area is 165 Å². The highest BCUT2D eigenvalue weighted by atomic mass is 31.2. The number of methoxy groups -OCH3 is 1. The van der Waals surface area contributed by atoms with Crippen molar-refractivity contribution in [2.45, 2.75) is 13.0 Å². The molecule has 1 unspecified atom stereocenters. The number of nitrogens with zero attached hydrogens (tertiary/aromatic N) is 2. The number of carbonyl (C=O) groups is 2. The molecular weight excluding hydrogens is 411 g/mol. The quantitative estimate of drug-likeness (QED) is 0.317. The van der Waals surface area contributed by atoms with Crippen LogP contribution in [0.3, 0.4) is 0 Å². The number of rotatable bonds is 8. The molecule has 3 aliphatic heterocycles. The van der Waals surface area contributed by atoms with E-state index in [9.17, 15) is 19.0 Å². The Bertz CT molecular complexity index is 567. The molecule has 1 amide bonds. The third-order valence-electron chi connectivity index (χ3n) is 4.42. The van der Waals surface area contributed by atoms with Crippen molar-refractivity contribution in [3.63, 3.8) is 0 Å². The van der Waals surface area contributed by atoms with Crippen molar-refractivity contribution in [1.82, 2.24) is 9.80 Å². The summed E-state index contributed by atoms with van der Waals surface area (Å²) in [6.07, 6.45) is -1.53. The first-order chi connectivity index (χ1) is 13.3. The Hall–Kier alpha value is -1.01. The van der Waals surface area contributed by atoms with E-state index in [1.165, 1.54) is 7.11 Å². The van der Waals surface area contributed by atoms with Gasteiger partial charge in [0.2, 0.25) is 7.37 Å². The summed E-state index contributed by atoms with van der Waals surface area (Å²) in [4.78, 5) is 37.1. The molecule has 1 atom stereocenters. The highest BCUT2D eigenvalue weighted by Gasteiger charge is 2.45. The largest absolute Gasteiger partial charge is 0.501 e. The van der Waals surface area contributed by atoms with Gasteiger partial charge in [0.1, 0.15) is 12.8 Å². The highest BCUT2D eigenvalue weighted by molar-refractivity contribution is 7.58. The standard InChI is InChI=1S/C15H29N2O9PSi/c1-3-23-15(19)17(12-14(18)22-2)13-27(20,21)10-11-28-24-7-4-16(5-8-25-28)6-9-26-28/h3-13H2,1-2H3,(H,20,21). The lowest BCUT2D eigenvalue weighted by Gasteiger charge is -2.38. The highest BCUT2D eigenvalue weighted by Crippen LogP contribution is 2.44. The van der Waals surface area contributed by atoms with Gasteiger partial charge in [0.15, 0.2) is 0 Å². The lowest BCUT2D eigenvalue weighted by atomic mass is 10.4. The number of esters is 1. The Kier molecular flexibility index (Phi) is 8.87. The Morgan fingerprint density at radius 2 is 1.75 bits per heavy atom. The predicted molar refractivity (Wildman–Crippen MR) is 100 cm³/mol. The van der Waals surface area contributed by atoms with E-state index in [0.717, 1.165) is 24.5 Å². The van der Waals surface area contributed by atoms with Crippen molar-refractivity contribution in [3.05, 3.63) is 0 Å². The van der Waals surface area contributed by atoms with E-state index in [2.05, 4.69) is 9.64 Å². The summed E-state index contributed by atoms with van der Waals surface area (Å²) in [6.45, 7) is 4.86. The molecule has 0 aromatic heterocycles. The van der Waals surface area contributed by atoms with Gasteiger partial charge in [-0.25, -0.2) is 4.79 Å². The normalized spacial score (nSPS) is 27.0. The van der Waals surface area contributed by atoms with Crippen LogP contribution in [0.4, 0.5) is 4.79 Å². The fourth-order valence-electron chi connectivity index (χ4n) is 2.92. The minimum Gasteiger partial charge on any atom is -0.468 e. The molecule has 0 aromatic carbocycles. The molecule has 3 aliphatic rings. The van der Waals surface area contributed by atoms with E-state index >= 15 is 0 Å². The molecule has 11 nitrogen and oxygen atoms in total. The summed E-state index contributed by atoms with van der Waals surface area (Å²) < 4.78 is 39.7. The van der Waals surface area contributed by atoms with Gasteiger partial charge in [0, 0.05) is 31.8 Å². The Balaban J connectivity index is 2.00. The van der Waals surface area contributed by atoms with Crippen LogP contribution >= 0.6 is 7.37 Å². The van der Waals surface area contributed by atoms with Crippen LogP contribution in [0, 0.1) is 0 Å². The van der Waals surface area contributed by atoms with Gasteiger partial charge in [-0.2, -0.15) is 0 Å². The topological polar surface area (TPSA) is 124 Å². The molecule has 3 heterocycles. The number of fused-ring (bicyclic) bond motifs is 6. The number of hydrogen-bond acceptors (Lipinski definition) is 9. The fourth-order valence-corrected chi connectivity index (χ4v) is 8.20. The minimum atomic E-state index is -3.84. The summed E-state index contributed by atoms with van der Waals surface area (Å²) in [7, 11) is -5.72. The zero-order valence-electron chi connectivity index (χ0n) is 16.3.